The predicted molar refractivity (Wildman–Crippen MR) is 103 cm³/mol. The number of anilines is 1. The summed E-state index contributed by atoms with van der Waals surface area (Å²) in [6, 6.07) is 11.4. The van der Waals surface area contributed by atoms with E-state index in [-0.39, 0.29) is 10.5 Å². The Morgan fingerprint density at radius 2 is 1.88 bits per heavy atom. The molecule has 134 valence electrons. The molecule has 6 nitrogen and oxygen atoms in total. The first-order valence-corrected chi connectivity index (χ1v) is 10.2. The minimum atomic E-state index is -3.89. The van der Waals surface area contributed by atoms with E-state index < -0.39 is 15.9 Å². The van der Waals surface area contributed by atoms with E-state index in [1.807, 2.05) is 17.5 Å². The molecule has 0 aliphatic rings. The SMILES string of the molecule is Cc1ccc(S(N)(=O)=O)cc1C(=O)Nc1nc(-c2ccc(Cl)cc2)cs1. The lowest BCUT2D eigenvalue weighted by Gasteiger charge is -2.07. The van der Waals surface area contributed by atoms with Crippen LogP contribution in [0, 0.1) is 6.92 Å². The number of carbonyl (C=O) groups is 1. The number of nitrogens with zero attached hydrogens (tertiary/aromatic N) is 1. The average Bonchev–Trinajstić information content (AvgIpc) is 3.03. The number of primary sulfonamides is 1. The van der Waals surface area contributed by atoms with Crippen LogP contribution in [0.3, 0.4) is 0 Å². The molecule has 0 aliphatic heterocycles. The Labute approximate surface area is 159 Å². The van der Waals surface area contributed by atoms with Gasteiger partial charge in [-0.25, -0.2) is 18.5 Å². The molecule has 3 rings (SSSR count). The molecule has 1 aromatic heterocycles. The first kappa shape index (κ1) is 18.5. The molecule has 0 unspecified atom stereocenters. The van der Waals surface area contributed by atoms with Crippen molar-refractivity contribution >= 4 is 44.0 Å². The minimum Gasteiger partial charge on any atom is -0.298 e. The summed E-state index contributed by atoms with van der Waals surface area (Å²) in [5.74, 6) is -0.454. The van der Waals surface area contributed by atoms with Crippen molar-refractivity contribution in [3.8, 4) is 11.3 Å². The fraction of sp³-hybridized carbons (Fsp3) is 0.0588. The first-order valence-electron chi connectivity index (χ1n) is 7.40. The Hall–Kier alpha value is -2.26. The highest BCUT2D eigenvalue weighted by molar-refractivity contribution is 7.89. The van der Waals surface area contributed by atoms with Crippen molar-refractivity contribution < 1.29 is 13.2 Å². The predicted octanol–water partition coefficient (Wildman–Crippen LogP) is 3.67. The Kier molecular flexibility index (Phi) is 5.10. The second-order valence-electron chi connectivity index (χ2n) is 5.52. The number of rotatable bonds is 4. The minimum absolute atomic E-state index is 0.116. The summed E-state index contributed by atoms with van der Waals surface area (Å²) in [4.78, 5) is 16.8. The van der Waals surface area contributed by atoms with Gasteiger partial charge in [0.15, 0.2) is 5.13 Å². The van der Waals surface area contributed by atoms with Gasteiger partial charge in [-0.1, -0.05) is 29.8 Å². The Morgan fingerprint density at radius 1 is 1.19 bits per heavy atom. The standard InChI is InChI=1S/C17H14ClN3O3S2/c1-10-2-7-13(26(19,23)24)8-14(10)16(22)21-17-20-15(9-25-17)11-3-5-12(18)6-4-11/h2-9H,1H3,(H2,19,23,24)(H,20,21,22). The van der Waals surface area contributed by atoms with Crippen LogP contribution in [0.4, 0.5) is 5.13 Å². The molecular formula is C17H14ClN3O3S2. The van der Waals surface area contributed by atoms with E-state index >= 15 is 0 Å². The third-order valence-corrected chi connectivity index (χ3v) is 5.57. The van der Waals surface area contributed by atoms with Gasteiger partial charge in [0, 0.05) is 21.5 Å². The highest BCUT2D eigenvalue weighted by atomic mass is 35.5. The summed E-state index contributed by atoms with van der Waals surface area (Å²) in [6.45, 7) is 1.71. The van der Waals surface area contributed by atoms with Crippen molar-refractivity contribution in [2.45, 2.75) is 11.8 Å². The van der Waals surface area contributed by atoms with E-state index in [2.05, 4.69) is 10.3 Å². The molecular weight excluding hydrogens is 394 g/mol. The molecule has 0 fully saturated rings. The van der Waals surface area contributed by atoms with Gasteiger partial charge in [0.1, 0.15) is 0 Å². The van der Waals surface area contributed by atoms with E-state index in [0.717, 1.165) is 5.56 Å². The lowest BCUT2D eigenvalue weighted by atomic mass is 10.1. The van der Waals surface area contributed by atoms with E-state index in [0.29, 0.717) is 21.4 Å². The van der Waals surface area contributed by atoms with E-state index in [1.54, 1.807) is 19.1 Å². The van der Waals surface area contributed by atoms with Crippen molar-refractivity contribution in [3.63, 3.8) is 0 Å². The van der Waals surface area contributed by atoms with E-state index in [1.165, 1.54) is 29.5 Å². The molecule has 0 radical (unpaired) electrons. The lowest BCUT2D eigenvalue weighted by Crippen LogP contribution is -2.17. The Morgan fingerprint density at radius 3 is 2.54 bits per heavy atom. The van der Waals surface area contributed by atoms with Crippen LogP contribution in [0.25, 0.3) is 11.3 Å². The van der Waals surface area contributed by atoms with Crippen LogP contribution in [-0.2, 0) is 10.0 Å². The molecule has 3 aromatic rings. The molecule has 0 saturated carbocycles. The van der Waals surface area contributed by atoms with Crippen molar-refractivity contribution in [2.24, 2.45) is 5.14 Å². The number of aromatic nitrogens is 1. The maximum Gasteiger partial charge on any atom is 0.257 e. The number of benzene rings is 2. The van der Waals surface area contributed by atoms with Gasteiger partial charge in [-0.3, -0.25) is 10.1 Å². The zero-order chi connectivity index (χ0) is 18.9. The number of aryl methyl sites for hydroxylation is 1. The number of hydrogen-bond acceptors (Lipinski definition) is 5. The number of hydrogen-bond donors (Lipinski definition) is 2. The van der Waals surface area contributed by atoms with Gasteiger partial charge in [-0.15, -0.1) is 11.3 Å². The summed E-state index contributed by atoms with van der Waals surface area (Å²) in [6.07, 6.45) is 0. The number of thiazole rings is 1. The fourth-order valence-electron chi connectivity index (χ4n) is 2.27. The summed E-state index contributed by atoms with van der Waals surface area (Å²) in [5.41, 5.74) is 2.43. The maximum absolute atomic E-state index is 12.5. The highest BCUT2D eigenvalue weighted by Crippen LogP contribution is 2.26. The molecule has 1 amide bonds. The molecule has 1 heterocycles. The molecule has 3 N–H and O–H groups in total. The topological polar surface area (TPSA) is 102 Å². The molecule has 26 heavy (non-hydrogen) atoms. The smallest absolute Gasteiger partial charge is 0.257 e. The maximum atomic E-state index is 12.5. The number of carbonyl (C=O) groups excluding carboxylic acids is 1. The molecule has 0 bridgehead atoms. The summed E-state index contributed by atoms with van der Waals surface area (Å²) < 4.78 is 23.0. The normalized spacial score (nSPS) is 11.3. The lowest BCUT2D eigenvalue weighted by molar-refractivity contribution is 0.102. The summed E-state index contributed by atoms with van der Waals surface area (Å²) >= 11 is 7.14. The zero-order valence-corrected chi connectivity index (χ0v) is 16.0. The number of nitrogens with two attached hydrogens (primary N) is 1. The quantitative estimate of drug-likeness (QED) is 0.688. The molecule has 0 spiro atoms. The second kappa shape index (κ2) is 7.16. The zero-order valence-electron chi connectivity index (χ0n) is 13.6. The van der Waals surface area contributed by atoms with Gasteiger partial charge >= 0.3 is 0 Å². The van der Waals surface area contributed by atoms with Gasteiger partial charge < -0.3 is 0 Å². The van der Waals surface area contributed by atoms with Crippen LogP contribution >= 0.6 is 22.9 Å². The second-order valence-corrected chi connectivity index (χ2v) is 8.38. The monoisotopic (exact) mass is 407 g/mol. The van der Waals surface area contributed by atoms with Crippen LogP contribution < -0.4 is 10.5 Å². The van der Waals surface area contributed by atoms with Gasteiger partial charge in [-0.2, -0.15) is 0 Å². The van der Waals surface area contributed by atoms with Gasteiger partial charge in [0.2, 0.25) is 10.0 Å². The molecule has 2 aromatic carbocycles. The average molecular weight is 408 g/mol. The summed E-state index contributed by atoms with van der Waals surface area (Å²) in [7, 11) is -3.89. The molecule has 0 atom stereocenters. The number of sulfonamides is 1. The molecule has 9 heteroatoms. The highest BCUT2D eigenvalue weighted by Gasteiger charge is 2.16. The van der Waals surface area contributed by atoms with Gasteiger partial charge in [-0.05, 0) is 36.8 Å². The Bertz CT molecular complexity index is 1080. The van der Waals surface area contributed by atoms with Crippen LogP contribution in [0.15, 0.2) is 52.7 Å². The number of nitrogens with one attached hydrogen (secondary N) is 1. The third kappa shape index (κ3) is 4.10. The largest absolute Gasteiger partial charge is 0.298 e. The van der Waals surface area contributed by atoms with Crippen LogP contribution in [-0.4, -0.2) is 19.3 Å². The number of halogens is 1. The van der Waals surface area contributed by atoms with Gasteiger partial charge in [0.05, 0.1) is 10.6 Å². The van der Waals surface area contributed by atoms with Crippen LogP contribution in [0.1, 0.15) is 15.9 Å². The van der Waals surface area contributed by atoms with Crippen molar-refractivity contribution in [1.82, 2.24) is 4.98 Å². The van der Waals surface area contributed by atoms with Crippen molar-refractivity contribution in [2.75, 3.05) is 5.32 Å². The number of amides is 1. The van der Waals surface area contributed by atoms with Crippen LogP contribution in [0.5, 0.6) is 0 Å². The van der Waals surface area contributed by atoms with E-state index in [4.69, 9.17) is 16.7 Å². The Balaban J connectivity index is 1.84. The third-order valence-electron chi connectivity index (χ3n) is 3.65. The van der Waals surface area contributed by atoms with Gasteiger partial charge in [0.25, 0.3) is 5.91 Å². The van der Waals surface area contributed by atoms with Crippen molar-refractivity contribution in [1.29, 1.82) is 0 Å². The van der Waals surface area contributed by atoms with E-state index in [9.17, 15) is 13.2 Å². The van der Waals surface area contributed by atoms with Crippen molar-refractivity contribution in [3.05, 3.63) is 64.0 Å². The van der Waals surface area contributed by atoms with Crippen LogP contribution in [0.2, 0.25) is 5.02 Å². The fourth-order valence-corrected chi connectivity index (χ4v) is 3.65. The first-order chi connectivity index (χ1) is 12.2. The molecule has 0 saturated heterocycles. The summed E-state index contributed by atoms with van der Waals surface area (Å²) in [5, 5.41) is 10.7. The molecule has 0 aliphatic carbocycles.